The van der Waals surface area contributed by atoms with Gasteiger partial charge in [-0.2, -0.15) is 0 Å². The number of benzene rings is 1. The van der Waals surface area contributed by atoms with Gasteiger partial charge in [-0.05, 0) is 64.7 Å². The Kier molecular flexibility index (Phi) is 6.42. The molecule has 138 valence electrons. The zero-order valence-electron chi connectivity index (χ0n) is 15.2. The molecule has 0 bridgehead atoms. The lowest BCUT2D eigenvalue weighted by molar-refractivity contribution is 0.0572. The van der Waals surface area contributed by atoms with E-state index in [1.807, 2.05) is 4.90 Å². The second-order valence-electron chi connectivity index (χ2n) is 7.37. The second-order valence-corrected chi connectivity index (χ2v) is 7.37. The quantitative estimate of drug-likeness (QED) is 0.874. The summed E-state index contributed by atoms with van der Waals surface area (Å²) in [4.78, 5) is 26.6. The molecule has 1 fully saturated rings. The fourth-order valence-electron chi connectivity index (χ4n) is 3.03. The van der Waals surface area contributed by atoms with E-state index in [0.717, 1.165) is 19.3 Å². The first-order valence-corrected chi connectivity index (χ1v) is 8.82. The van der Waals surface area contributed by atoms with Crippen LogP contribution in [0, 0.1) is 0 Å². The molecule has 0 aliphatic carbocycles. The van der Waals surface area contributed by atoms with Crippen molar-refractivity contribution in [3.63, 3.8) is 0 Å². The lowest BCUT2D eigenvalue weighted by Gasteiger charge is -2.35. The number of piperidine rings is 1. The van der Waals surface area contributed by atoms with Gasteiger partial charge < -0.3 is 14.7 Å². The van der Waals surface area contributed by atoms with Crippen molar-refractivity contribution < 1.29 is 19.4 Å². The number of aliphatic hydroxyl groups is 1. The minimum atomic E-state index is -0.581. The molecule has 1 aliphatic rings. The van der Waals surface area contributed by atoms with E-state index >= 15 is 0 Å². The highest BCUT2D eigenvalue weighted by atomic mass is 16.6. The summed E-state index contributed by atoms with van der Waals surface area (Å²) in [7, 11) is 0. The molecule has 1 unspecified atom stereocenters. The minimum absolute atomic E-state index is 0.0639. The zero-order chi connectivity index (χ0) is 18.4. The average Bonchev–Trinajstić information content (AvgIpc) is 2.53. The molecule has 2 N–H and O–H groups in total. The highest BCUT2D eigenvalue weighted by Crippen LogP contribution is 2.23. The van der Waals surface area contributed by atoms with Crippen LogP contribution in [0.1, 0.15) is 56.8 Å². The summed E-state index contributed by atoms with van der Waals surface area (Å²) in [5.41, 5.74) is 0.470. The van der Waals surface area contributed by atoms with Gasteiger partial charge in [-0.1, -0.05) is 6.07 Å². The summed E-state index contributed by atoms with van der Waals surface area (Å²) in [5, 5.41) is 11.9. The molecule has 2 amide bonds. The van der Waals surface area contributed by atoms with Crippen LogP contribution >= 0.6 is 0 Å². The van der Waals surface area contributed by atoms with Crippen LogP contribution in [0.2, 0.25) is 0 Å². The number of aliphatic hydroxyl groups excluding tert-OH is 1. The van der Waals surface area contributed by atoms with Crippen LogP contribution in [-0.4, -0.2) is 46.8 Å². The maximum Gasteiger partial charge on any atom is 0.412 e. The Bertz CT molecular complexity index is 608. The van der Waals surface area contributed by atoms with Crippen molar-refractivity contribution in [3.05, 3.63) is 29.8 Å². The Hall–Kier alpha value is -2.08. The molecule has 1 aliphatic heterocycles. The number of hydrogen-bond donors (Lipinski definition) is 2. The van der Waals surface area contributed by atoms with Gasteiger partial charge in [0.05, 0.1) is 0 Å². The molecule has 0 saturated carbocycles. The van der Waals surface area contributed by atoms with E-state index in [2.05, 4.69) is 5.32 Å². The van der Waals surface area contributed by atoms with E-state index < -0.39 is 11.7 Å². The third kappa shape index (κ3) is 5.74. The van der Waals surface area contributed by atoms with Gasteiger partial charge in [0.25, 0.3) is 5.91 Å². The van der Waals surface area contributed by atoms with Gasteiger partial charge in [-0.15, -0.1) is 0 Å². The zero-order valence-corrected chi connectivity index (χ0v) is 15.2. The Balaban J connectivity index is 2.09. The Morgan fingerprint density at radius 2 is 2.08 bits per heavy atom. The first-order valence-electron chi connectivity index (χ1n) is 8.82. The van der Waals surface area contributed by atoms with Crippen LogP contribution in [-0.2, 0) is 4.74 Å². The summed E-state index contributed by atoms with van der Waals surface area (Å²) in [5.74, 6) is -0.0639. The fraction of sp³-hybridized carbons (Fsp3) is 0.579. The predicted octanol–water partition coefficient (Wildman–Crippen LogP) is 3.41. The van der Waals surface area contributed by atoms with Crippen LogP contribution in [0.3, 0.4) is 0 Å². The monoisotopic (exact) mass is 348 g/mol. The molecule has 0 radical (unpaired) electrons. The van der Waals surface area contributed by atoms with Gasteiger partial charge in [0.1, 0.15) is 5.60 Å². The number of likely N-dealkylation sites (tertiary alicyclic amines) is 1. The van der Waals surface area contributed by atoms with Gasteiger partial charge >= 0.3 is 6.09 Å². The van der Waals surface area contributed by atoms with Crippen LogP contribution in [0.4, 0.5) is 10.5 Å². The maximum atomic E-state index is 12.9. The number of nitrogens with one attached hydrogen (secondary N) is 1. The molecule has 1 atom stereocenters. The van der Waals surface area contributed by atoms with E-state index in [-0.39, 0.29) is 18.6 Å². The number of anilines is 1. The van der Waals surface area contributed by atoms with Crippen molar-refractivity contribution in [3.8, 4) is 0 Å². The number of amides is 2. The third-order valence-electron chi connectivity index (χ3n) is 4.11. The Morgan fingerprint density at radius 3 is 2.76 bits per heavy atom. The normalized spacial score (nSPS) is 17.9. The standard InChI is InChI=1S/C19H28N2O4/c1-19(2,3)25-18(24)20-15-8-6-7-14(13-15)17(23)21-11-5-4-9-16(21)10-12-22/h6-8,13,16,22H,4-5,9-12H2,1-3H3,(H,20,24). The van der Waals surface area contributed by atoms with Gasteiger partial charge in [-0.3, -0.25) is 10.1 Å². The molecular weight excluding hydrogens is 320 g/mol. The number of rotatable bonds is 4. The van der Waals surface area contributed by atoms with E-state index in [1.54, 1.807) is 45.0 Å². The maximum absolute atomic E-state index is 12.9. The second kappa shape index (κ2) is 8.34. The molecule has 0 spiro atoms. The highest BCUT2D eigenvalue weighted by Gasteiger charge is 2.27. The third-order valence-corrected chi connectivity index (χ3v) is 4.11. The molecule has 1 heterocycles. The van der Waals surface area contributed by atoms with Gasteiger partial charge in [0.2, 0.25) is 0 Å². The van der Waals surface area contributed by atoms with Gasteiger partial charge in [0.15, 0.2) is 0 Å². The first kappa shape index (κ1) is 19.2. The smallest absolute Gasteiger partial charge is 0.412 e. The number of carbonyl (C=O) groups excluding carboxylic acids is 2. The first-order chi connectivity index (χ1) is 11.8. The van der Waals surface area contributed by atoms with Crippen molar-refractivity contribution >= 4 is 17.7 Å². The number of carbonyl (C=O) groups is 2. The molecule has 25 heavy (non-hydrogen) atoms. The molecule has 2 rings (SSSR count). The van der Waals surface area contributed by atoms with Crippen molar-refractivity contribution in [1.82, 2.24) is 4.90 Å². The SMILES string of the molecule is CC(C)(C)OC(=O)Nc1cccc(C(=O)N2CCCCC2CCO)c1. The molecule has 6 heteroatoms. The van der Waals surface area contributed by atoms with Crippen LogP contribution in [0.15, 0.2) is 24.3 Å². The lowest BCUT2D eigenvalue weighted by Crippen LogP contribution is -2.44. The van der Waals surface area contributed by atoms with Crippen LogP contribution in [0.25, 0.3) is 0 Å². The molecule has 0 aromatic heterocycles. The van der Waals surface area contributed by atoms with E-state index in [9.17, 15) is 14.7 Å². The molecule has 1 saturated heterocycles. The molecule has 1 aromatic carbocycles. The summed E-state index contributed by atoms with van der Waals surface area (Å²) in [6.07, 6.45) is 3.02. The van der Waals surface area contributed by atoms with Crippen LogP contribution in [0.5, 0.6) is 0 Å². The molecule has 6 nitrogen and oxygen atoms in total. The molecular formula is C19H28N2O4. The van der Waals surface area contributed by atoms with E-state index in [0.29, 0.717) is 24.2 Å². The summed E-state index contributed by atoms with van der Waals surface area (Å²) >= 11 is 0. The van der Waals surface area contributed by atoms with Crippen molar-refractivity contribution in [2.24, 2.45) is 0 Å². The Morgan fingerprint density at radius 1 is 1.32 bits per heavy atom. The van der Waals surface area contributed by atoms with Crippen LogP contribution < -0.4 is 5.32 Å². The van der Waals surface area contributed by atoms with Crippen molar-refractivity contribution in [1.29, 1.82) is 0 Å². The van der Waals surface area contributed by atoms with Crippen molar-refractivity contribution in [2.75, 3.05) is 18.5 Å². The number of hydrogen-bond acceptors (Lipinski definition) is 4. The van der Waals surface area contributed by atoms with Gasteiger partial charge in [-0.25, -0.2) is 4.79 Å². The number of nitrogens with zero attached hydrogens (tertiary/aromatic N) is 1. The van der Waals surface area contributed by atoms with Crippen molar-refractivity contribution in [2.45, 2.75) is 58.1 Å². The Labute approximate surface area is 149 Å². The van der Waals surface area contributed by atoms with E-state index in [4.69, 9.17) is 4.74 Å². The largest absolute Gasteiger partial charge is 0.444 e. The van der Waals surface area contributed by atoms with E-state index in [1.165, 1.54) is 0 Å². The summed E-state index contributed by atoms with van der Waals surface area (Å²) in [6.45, 7) is 6.17. The fourth-order valence-corrected chi connectivity index (χ4v) is 3.03. The predicted molar refractivity (Wildman–Crippen MR) is 96.7 cm³/mol. The minimum Gasteiger partial charge on any atom is -0.444 e. The lowest BCUT2D eigenvalue weighted by atomic mass is 9.98. The molecule has 1 aromatic rings. The number of ether oxygens (including phenoxy) is 1. The average molecular weight is 348 g/mol. The summed E-state index contributed by atoms with van der Waals surface area (Å²) in [6, 6.07) is 6.95. The topological polar surface area (TPSA) is 78.9 Å². The van der Waals surface area contributed by atoms with Gasteiger partial charge in [0, 0.05) is 30.4 Å². The highest BCUT2D eigenvalue weighted by molar-refractivity contribution is 5.96. The summed E-state index contributed by atoms with van der Waals surface area (Å²) < 4.78 is 5.23.